The second-order valence-electron chi connectivity index (χ2n) is 6.17. The van der Waals surface area contributed by atoms with Crippen LogP contribution in [0, 0.1) is 0 Å². The number of likely N-dealkylation sites (tertiary alicyclic amines) is 1. The van der Waals surface area contributed by atoms with Crippen molar-refractivity contribution in [3.8, 4) is 0 Å². The summed E-state index contributed by atoms with van der Waals surface area (Å²) in [5.74, 6) is 0. The van der Waals surface area contributed by atoms with Gasteiger partial charge in [-0.3, -0.25) is 9.80 Å². The first-order valence-corrected chi connectivity index (χ1v) is 7.11. The number of rotatable bonds is 3. The fourth-order valence-electron chi connectivity index (χ4n) is 3.47. The molecule has 3 fully saturated rings. The van der Waals surface area contributed by atoms with Gasteiger partial charge in [-0.05, 0) is 26.3 Å². The van der Waals surface area contributed by atoms with Crippen molar-refractivity contribution in [3.63, 3.8) is 0 Å². The molecule has 0 radical (unpaired) electrons. The minimum atomic E-state index is 0.295. The normalized spacial score (nSPS) is 37.8. The fourth-order valence-corrected chi connectivity index (χ4v) is 3.47. The first-order chi connectivity index (χ1) is 8.23. The minimum absolute atomic E-state index is 0.295. The lowest BCUT2D eigenvalue weighted by molar-refractivity contribution is 0.0488. The second-order valence-corrected chi connectivity index (χ2v) is 6.17. The summed E-state index contributed by atoms with van der Waals surface area (Å²) in [6.07, 6.45) is 4.12. The van der Waals surface area contributed by atoms with E-state index < -0.39 is 0 Å². The van der Waals surface area contributed by atoms with Crippen LogP contribution in [0.25, 0.3) is 0 Å². The lowest BCUT2D eigenvalue weighted by atomic mass is 9.95. The highest BCUT2D eigenvalue weighted by Crippen LogP contribution is 2.36. The van der Waals surface area contributed by atoms with E-state index in [9.17, 15) is 0 Å². The van der Waals surface area contributed by atoms with E-state index in [4.69, 9.17) is 5.73 Å². The number of likely N-dealkylation sites (N-methyl/N-ethyl adjacent to an activating group) is 1. The van der Waals surface area contributed by atoms with Crippen LogP contribution in [0.1, 0.15) is 19.3 Å². The zero-order valence-corrected chi connectivity index (χ0v) is 11.1. The van der Waals surface area contributed by atoms with Gasteiger partial charge in [-0.1, -0.05) is 0 Å². The van der Waals surface area contributed by atoms with Gasteiger partial charge in [0.05, 0.1) is 0 Å². The molecule has 2 heterocycles. The van der Waals surface area contributed by atoms with Crippen molar-refractivity contribution in [3.05, 3.63) is 0 Å². The SMILES string of the molecule is CN1CCN(C2(CN)CCN(C3CC3)C2)CC1. The zero-order chi connectivity index (χ0) is 11.9. The fraction of sp³-hybridized carbons (Fsp3) is 1.00. The Kier molecular flexibility index (Phi) is 3.15. The van der Waals surface area contributed by atoms with Gasteiger partial charge in [-0.25, -0.2) is 0 Å². The zero-order valence-electron chi connectivity index (χ0n) is 11.1. The van der Waals surface area contributed by atoms with E-state index in [-0.39, 0.29) is 0 Å². The molecule has 0 bridgehead atoms. The molecule has 0 aromatic carbocycles. The molecule has 1 saturated carbocycles. The third kappa shape index (κ3) is 2.24. The van der Waals surface area contributed by atoms with E-state index in [1.165, 1.54) is 58.5 Å². The van der Waals surface area contributed by atoms with Gasteiger partial charge in [0.2, 0.25) is 0 Å². The van der Waals surface area contributed by atoms with E-state index in [1.807, 2.05) is 0 Å². The summed E-state index contributed by atoms with van der Waals surface area (Å²) in [5.41, 5.74) is 6.43. The summed E-state index contributed by atoms with van der Waals surface area (Å²) in [6.45, 7) is 8.13. The molecule has 3 rings (SSSR count). The van der Waals surface area contributed by atoms with E-state index in [1.54, 1.807) is 0 Å². The van der Waals surface area contributed by atoms with E-state index in [0.29, 0.717) is 5.54 Å². The monoisotopic (exact) mass is 238 g/mol. The average Bonchev–Trinajstić information content (AvgIpc) is 3.11. The van der Waals surface area contributed by atoms with Crippen LogP contribution in [0.4, 0.5) is 0 Å². The molecular formula is C13H26N4. The molecule has 2 saturated heterocycles. The Morgan fingerprint density at radius 1 is 1.12 bits per heavy atom. The quantitative estimate of drug-likeness (QED) is 0.739. The summed E-state index contributed by atoms with van der Waals surface area (Å²) in [5, 5.41) is 0. The Hall–Kier alpha value is -0.160. The highest BCUT2D eigenvalue weighted by atomic mass is 15.3. The van der Waals surface area contributed by atoms with Crippen LogP contribution in [0.15, 0.2) is 0 Å². The number of piperazine rings is 1. The van der Waals surface area contributed by atoms with Crippen molar-refractivity contribution in [2.24, 2.45) is 5.73 Å². The van der Waals surface area contributed by atoms with Crippen LogP contribution < -0.4 is 5.73 Å². The molecular weight excluding hydrogens is 212 g/mol. The molecule has 4 nitrogen and oxygen atoms in total. The number of nitrogens with zero attached hydrogens (tertiary/aromatic N) is 3. The molecule has 1 aliphatic carbocycles. The van der Waals surface area contributed by atoms with Crippen LogP contribution in [-0.4, -0.2) is 79.1 Å². The first kappa shape index (κ1) is 11.9. The largest absolute Gasteiger partial charge is 0.329 e. The summed E-state index contributed by atoms with van der Waals surface area (Å²) >= 11 is 0. The van der Waals surface area contributed by atoms with Crippen molar-refractivity contribution < 1.29 is 0 Å². The molecule has 3 aliphatic rings. The smallest absolute Gasteiger partial charge is 0.0471 e. The Labute approximate surface area is 105 Å². The van der Waals surface area contributed by atoms with Gasteiger partial charge in [0.15, 0.2) is 0 Å². The molecule has 1 unspecified atom stereocenters. The summed E-state index contributed by atoms with van der Waals surface area (Å²) < 4.78 is 0. The summed E-state index contributed by atoms with van der Waals surface area (Å²) in [4.78, 5) is 7.79. The summed E-state index contributed by atoms with van der Waals surface area (Å²) in [7, 11) is 2.22. The van der Waals surface area contributed by atoms with Gasteiger partial charge >= 0.3 is 0 Å². The lowest BCUT2D eigenvalue weighted by Gasteiger charge is -2.44. The molecule has 4 heteroatoms. The van der Waals surface area contributed by atoms with Crippen LogP contribution in [0.5, 0.6) is 0 Å². The maximum atomic E-state index is 6.14. The number of nitrogens with two attached hydrogens (primary N) is 1. The molecule has 0 spiro atoms. The predicted octanol–water partition coefficient (Wildman–Crippen LogP) is -0.201. The lowest BCUT2D eigenvalue weighted by Crippen LogP contribution is -2.61. The van der Waals surface area contributed by atoms with Gasteiger partial charge < -0.3 is 10.6 Å². The number of hydrogen-bond donors (Lipinski definition) is 1. The standard InChI is InChI=1S/C13H26N4/c1-15-6-8-17(9-7-15)13(10-14)4-5-16(11-13)12-2-3-12/h12H,2-11,14H2,1H3. The van der Waals surface area contributed by atoms with Gasteiger partial charge in [0.1, 0.15) is 0 Å². The van der Waals surface area contributed by atoms with Crippen LogP contribution >= 0.6 is 0 Å². The molecule has 0 amide bonds. The molecule has 0 aromatic heterocycles. The van der Waals surface area contributed by atoms with Crippen molar-refractivity contribution in [2.75, 3.05) is 52.9 Å². The van der Waals surface area contributed by atoms with E-state index in [2.05, 4.69) is 21.7 Å². The number of hydrogen-bond acceptors (Lipinski definition) is 4. The van der Waals surface area contributed by atoms with E-state index >= 15 is 0 Å². The first-order valence-electron chi connectivity index (χ1n) is 7.11. The van der Waals surface area contributed by atoms with Crippen molar-refractivity contribution >= 4 is 0 Å². The summed E-state index contributed by atoms with van der Waals surface area (Å²) in [6, 6.07) is 0.899. The topological polar surface area (TPSA) is 35.7 Å². The Morgan fingerprint density at radius 2 is 1.82 bits per heavy atom. The van der Waals surface area contributed by atoms with Crippen LogP contribution in [-0.2, 0) is 0 Å². The minimum Gasteiger partial charge on any atom is -0.329 e. The van der Waals surface area contributed by atoms with Crippen molar-refractivity contribution in [1.29, 1.82) is 0 Å². The highest BCUT2D eigenvalue weighted by Gasteiger charge is 2.46. The van der Waals surface area contributed by atoms with Gasteiger partial charge in [0, 0.05) is 57.4 Å². The third-order valence-electron chi connectivity index (χ3n) is 4.98. The van der Waals surface area contributed by atoms with Gasteiger partial charge in [0.25, 0.3) is 0 Å². The Morgan fingerprint density at radius 3 is 2.41 bits per heavy atom. The highest BCUT2D eigenvalue weighted by molar-refractivity contribution is 5.04. The molecule has 17 heavy (non-hydrogen) atoms. The predicted molar refractivity (Wildman–Crippen MR) is 70.1 cm³/mol. The van der Waals surface area contributed by atoms with Gasteiger partial charge in [-0.2, -0.15) is 0 Å². The van der Waals surface area contributed by atoms with Gasteiger partial charge in [-0.15, -0.1) is 0 Å². The molecule has 1 atom stereocenters. The van der Waals surface area contributed by atoms with E-state index in [0.717, 1.165) is 12.6 Å². The molecule has 2 N–H and O–H groups in total. The third-order valence-corrected chi connectivity index (χ3v) is 4.98. The van der Waals surface area contributed by atoms with Crippen LogP contribution in [0.3, 0.4) is 0 Å². The molecule has 2 aliphatic heterocycles. The Balaban J connectivity index is 1.65. The molecule has 98 valence electrons. The maximum absolute atomic E-state index is 6.14. The van der Waals surface area contributed by atoms with Crippen molar-refractivity contribution in [2.45, 2.75) is 30.8 Å². The Bertz CT molecular complexity index is 271. The second kappa shape index (κ2) is 4.50. The molecule has 0 aromatic rings. The van der Waals surface area contributed by atoms with Crippen LogP contribution in [0.2, 0.25) is 0 Å². The van der Waals surface area contributed by atoms with Crippen molar-refractivity contribution in [1.82, 2.24) is 14.7 Å². The maximum Gasteiger partial charge on any atom is 0.0471 e. The average molecular weight is 238 g/mol.